The molecule has 0 amide bonds. The normalized spacial score (nSPS) is 29.0. The number of fused-ring (bicyclic) bond motifs is 2. The van der Waals surface area contributed by atoms with Gasteiger partial charge in [0.2, 0.25) is 0 Å². The molecule has 5 atom stereocenters. The summed E-state index contributed by atoms with van der Waals surface area (Å²) in [5.74, 6) is -2.44. The first-order chi connectivity index (χ1) is 15.4. The average molecular weight is 438 g/mol. The summed E-state index contributed by atoms with van der Waals surface area (Å²) in [4.78, 5) is 11.3. The number of carboxylic acid groups (broad SMARTS) is 1. The second-order valence-corrected chi connectivity index (χ2v) is 9.31. The van der Waals surface area contributed by atoms with Crippen molar-refractivity contribution in [3.8, 4) is 5.75 Å². The van der Waals surface area contributed by atoms with E-state index in [0.29, 0.717) is 24.8 Å². The van der Waals surface area contributed by atoms with Crippen molar-refractivity contribution in [3.63, 3.8) is 0 Å². The summed E-state index contributed by atoms with van der Waals surface area (Å²) < 4.78 is 20.7. The van der Waals surface area contributed by atoms with Crippen molar-refractivity contribution in [1.29, 1.82) is 0 Å². The number of hydrogen-bond donors (Lipinski definition) is 3. The molecule has 1 heterocycles. The molecule has 0 bridgehead atoms. The maximum absolute atomic E-state index is 14.8. The van der Waals surface area contributed by atoms with Crippen molar-refractivity contribution in [2.24, 2.45) is 11.8 Å². The Hall–Kier alpha value is -2.70. The first kappa shape index (κ1) is 21.2. The molecule has 5 nitrogen and oxygen atoms in total. The minimum Gasteiger partial charge on any atom is -0.487 e. The summed E-state index contributed by atoms with van der Waals surface area (Å²) in [6.45, 7) is 0. The Morgan fingerprint density at radius 2 is 1.94 bits per heavy atom. The Labute approximate surface area is 186 Å². The number of carboxylic acids is 1. The van der Waals surface area contributed by atoms with E-state index in [0.717, 1.165) is 18.4 Å². The second-order valence-electron chi connectivity index (χ2n) is 9.31. The number of hydrogen-bond acceptors (Lipinski definition) is 4. The molecule has 0 radical (unpaired) electrons. The smallest absolute Gasteiger partial charge is 0.338 e. The summed E-state index contributed by atoms with van der Waals surface area (Å²) in [6, 6.07) is 12.9. The Balaban J connectivity index is 1.35. The molecule has 2 aliphatic carbocycles. The number of aryl methyl sites for hydroxylation is 1. The summed E-state index contributed by atoms with van der Waals surface area (Å²) in [7, 11) is 0. The van der Waals surface area contributed by atoms with Gasteiger partial charge in [-0.3, -0.25) is 0 Å². The predicted molar refractivity (Wildman–Crippen MR) is 116 cm³/mol. The highest BCUT2D eigenvalue weighted by molar-refractivity contribution is 5.88. The van der Waals surface area contributed by atoms with Gasteiger partial charge in [0.25, 0.3) is 0 Å². The lowest BCUT2D eigenvalue weighted by atomic mass is 9.85. The van der Waals surface area contributed by atoms with Crippen molar-refractivity contribution in [3.05, 3.63) is 77.1 Å². The Morgan fingerprint density at radius 3 is 2.62 bits per heavy atom. The summed E-state index contributed by atoms with van der Waals surface area (Å²) in [5, 5.41) is 30.9. The molecule has 1 aliphatic heterocycles. The molecule has 2 fully saturated rings. The summed E-state index contributed by atoms with van der Waals surface area (Å²) in [6.07, 6.45) is 5.42. The molecule has 3 N–H and O–H groups in total. The van der Waals surface area contributed by atoms with E-state index in [9.17, 15) is 24.5 Å². The van der Waals surface area contributed by atoms with Crippen molar-refractivity contribution >= 4 is 5.97 Å². The van der Waals surface area contributed by atoms with Gasteiger partial charge in [0.05, 0.1) is 17.8 Å². The van der Waals surface area contributed by atoms with Gasteiger partial charge in [-0.15, -0.1) is 0 Å². The van der Waals surface area contributed by atoms with Crippen LogP contribution in [0.1, 0.15) is 47.2 Å². The minimum atomic E-state index is -1.33. The lowest BCUT2D eigenvalue weighted by molar-refractivity contribution is 0.0688. The van der Waals surface area contributed by atoms with Crippen LogP contribution in [0, 0.1) is 17.7 Å². The topological polar surface area (TPSA) is 87.0 Å². The summed E-state index contributed by atoms with van der Waals surface area (Å²) >= 11 is 0. The quantitative estimate of drug-likeness (QED) is 0.617. The zero-order valence-corrected chi connectivity index (χ0v) is 17.7. The van der Waals surface area contributed by atoms with E-state index in [-0.39, 0.29) is 23.0 Å². The van der Waals surface area contributed by atoms with E-state index in [4.69, 9.17) is 4.74 Å². The third-order valence-corrected chi connectivity index (χ3v) is 7.53. The molecule has 0 spiro atoms. The van der Waals surface area contributed by atoms with Gasteiger partial charge in [-0.05, 0) is 42.9 Å². The van der Waals surface area contributed by atoms with Crippen LogP contribution in [-0.4, -0.2) is 39.6 Å². The van der Waals surface area contributed by atoms with Crippen molar-refractivity contribution in [1.82, 2.24) is 0 Å². The fourth-order valence-corrected chi connectivity index (χ4v) is 5.52. The van der Waals surface area contributed by atoms with E-state index in [1.54, 1.807) is 12.1 Å². The van der Waals surface area contributed by atoms with Crippen LogP contribution in [0.3, 0.4) is 0 Å². The number of halogens is 1. The molecular formula is C26H27FO5. The Morgan fingerprint density at radius 1 is 1.19 bits per heavy atom. The van der Waals surface area contributed by atoms with Crippen LogP contribution in [0.2, 0.25) is 0 Å². The van der Waals surface area contributed by atoms with Gasteiger partial charge in [-0.2, -0.15) is 0 Å². The van der Waals surface area contributed by atoms with Crippen LogP contribution in [0.25, 0.3) is 0 Å². The molecule has 1 unspecified atom stereocenters. The fourth-order valence-electron chi connectivity index (χ4n) is 5.52. The fraction of sp³-hybridized carbons (Fsp3) is 0.423. The lowest BCUT2D eigenvalue weighted by Crippen LogP contribution is -2.26. The number of ether oxygens (including phenoxy) is 1. The van der Waals surface area contributed by atoms with E-state index >= 15 is 0 Å². The SMILES string of the molecule is O=C(O)c1ccc2c(c1F)O[C@H]1C[C@@H](O)[C@H](/C=C/C(O)C3(c4ccccc4)CC3)[C@H]1CC2. The molecule has 2 aromatic rings. The van der Waals surface area contributed by atoms with Crippen LogP contribution in [0.5, 0.6) is 5.75 Å². The number of benzene rings is 2. The van der Waals surface area contributed by atoms with Gasteiger partial charge >= 0.3 is 5.97 Å². The highest BCUT2D eigenvalue weighted by Crippen LogP contribution is 2.52. The molecule has 168 valence electrons. The van der Waals surface area contributed by atoms with Gasteiger partial charge in [0.15, 0.2) is 11.6 Å². The highest BCUT2D eigenvalue weighted by Gasteiger charge is 2.50. The van der Waals surface area contributed by atoms with Gasteiger partial charge in [-0.25, -0.2) is 9.18 Å². The molecule has 0 saturated heterocycles. The monoisotopic (exact) mass is 438 g/mol. The standard InChI is InChI=1S/C26H27FO5/c27-23-19(25(30)31)9-7-15-6-8-18-17(20(28)14-21(18)32-24(15)23)10-11-22(29)26(12-13-26)16-4-2-1-3-5-16/h1-5,7,9-11,17-18,20-22,28-29H,6,8,12-14H2,(H,30,31)/b11-10+/t17-,18-,20-,21+,22?/m1/s1. The van der Waals surface area contributed by atoms with Crippen LogP contribution in [0.4, 0.5) is 4.39 Å². The van der Waals surface area contributed by atoms with Crippen molar-refractivity contribution in [2.45, 2.75) is 55.8 Å². The van der Waals surface area contributed by atoms with Gasteiger partial charge < -0.3 is 20.1 Å². The van der Waals surface area contributed by atoms with Gasteiger partial charge in [0, 0.05) is 23.7 Å². The van der Waals surface area contributed by atoms with Crippen molar-refractivity contribution < 1.29 is 29.2 Å². The first-order valence-corrected chi connectivity index (χ1v) is 11.2. The van der Waals surface area contributed by atoms with Gasteiger partial charge in [-0.1, -0.05) is 48.6 Å². The Bertz CT molecular complexity index is 1050. The third-order valence-electron chi connectivity index (χ3n) is 7.53. The third kappa shape index (κ3) is 3.51. The van der Waals surface area contributed by atoms with Crippen LogP contribution < -0.4 is 4.74 Å². The summed E-state index contributed by atoms with van der Waals surface area (Å²) in [5.41, 5.74) is 1.11. The van der Waals surface area contributed by atoms with Crippen LogP contribution in [-0.2, 0) is 11.8 Å². The van der Waals surface area contributed by atoms with E-state index < -0.39 is 35.7 Å². The van der Waals surface area contributed by atoms with Crippen LogP contribution >= 0.6 is 0 Å². The molecule has 2 aromatic carbocycles. The molecule has 3 aliphatic rings. The zero-order valence-electron chi connectivity index (χ0n) is 17.7. The molecule has 6 heteroatoms. The van der Waals surface area contributed by atoms with Crippen LogP contribution in [0.15, 0.2) is 54.6 Å². The molecule has 5 rings (SSSR count). The van der Waals surface area contributed by atoms with E-state index in [2.05, 4.69) is 0 Å². The predicted octanol–water partition coefficient (Wildman–Crippen LogP) is 3.86. The number of aromatic carboxylic acids is 1. The maximum Gasteiger partial charge on any atom is 0.338 e. The van der Waals surface area contributed by atoms with Crippen molar-refractivity contribution in [2.75, 3.05) is 0 Å². The number of carbonyl (C=O) groups is 1. The number of aliphatic hydroxyl groups excluding tert-OH is 2. The van der Waals surface area contributed by atoms with E-state index in [1.165, 1.54) is 6.07 Å². The second kappa shape index (κ2) is 8.01. The number of rotatable bonds is 5. The maximum atomic E-state index is 14.8. The molecular weight excluding hydrogens is 411 g/mol. The Kier molecular flexibility index (Phi) is 5.30. The number of aliphatic hydroxyl groups is 2. The lowest BCUT2D eigenvalue weighted by Gasteiger charge is -2.23. The largest absolute Gasteiger partial charge is 0.487 e. The zero-order chi connectivity index (χ0) is 22.5. The molecule has 0 aromatic heterocycles. The van der Waals surface area contributed by atoms with Gasteiger partial charge in [0.1, 0.15) is 6.10 Å². The molecule has 32 heavy (non-hydrogen) atoms. The highest BCUT2D eigenvalue weighted by atomic mass is 19.1. The first-order valence-electron chi connectivity index (χ1n) is 11.2. The minimum absolute atomic E-state index is 0.00437. The molecule has 2 saturated carbocycles. The van der Waals surface area contributed by atoms with E-state index in [1.807, 2.05) is 36.4 Å². The average Bonchev–Trinajstić information content (AvgIpc) is 3.56.